The third-order valence-corrected chi connectivity index (χ3v) is 3.46. The number of hydrogen-bond donors (Lipinski definition) is 0. The molecule has 2 nitrogen and oxygen atoms in total. The number of halogens is 1. The van der Waals surface area contributed by atoms with Gasteiger partial charge in [-0.1, -0.05) is 13.8 Å². The van der Waals surface area contributed by atoms with Crippen molar-refractivity contribution in [3.8, 4) is 0 Å². The fourth-order valence-electron chi connectivity index (χ4n) is 2.15. The summed E-state index contributed by atoms with van der Waals surface area (Å²) in [5, 5.41) is 0. The first-order valence-corrected chi connectivity index (χ1v) is 6.24. The van der Waals surface area contributed by atoms with Gasteiger partial charge in [0, 0.05) is 29.0 Å². The quantitative estimate of drug-likeness (QED) is 0.815. The van der Waals surface area contributed by atoms with E-state index in [0.717, 1.165) is 23.9 Å². The molecule has 0 aromatic carbocycles. The summed E-state index contributed by atoms with van der Waals surface area (Å²) in [6.45, 7) is 5.30. The Kier molecular flexibility index (Phi) is 3.42. The summed E-state index contributed by atoms with van der Waals surface area (Å²) >= 11 is 3.58. The van der Waals surface area contributed by atoms with Gasteiger partial charge in [0.15, 0.2) is 0 Å². The molecule has 1 saturated heterocycles. The zero-order chi connectivity index (χ0) is 10.8. The van der Waals surface area contributed by atoms with Gasteiger partial charge in [0.05, 0.1) is 6.10 Å². The van der Waals surface area contributed by atoms with E-state index in [1.807, 2.05) is 12.4 Å². The summed E-state index contributed by atoms with van der Waals surface area (Å²) in [6.07, 6.45) is 6.36. The molecule has 1 atom stereocenters. The minimum atomic E-state index is 0.257. The largest absolute Gasteiger partial charge is 0.373 e. The molecule has 82 valence electrons. The standard InChI is InChI=1S/C12H16BrNO/c1-8(2)12-9(6-14-7-10(12)13)11-4-3-5-15-11/h6-8,11H,3-5H2,1-2H3. The Balaban J connectivity index is 2.40. The van der Waals surface area contributed by atoms with Crippen molar-refractivity contribution < 1.29 is 4.74 Å². The van der Waals surface area contributed by atoms with E-state index in [-0.39, 0.29) is 6.10 Å². The van der Waals surface area contributed by atoms with Crippen molar-refractivity contribution in [1.29, 1.82) is 0 Å². The van der Waals surface area contributed by atoms with Gasteiger partial charge in [-0.3, -0.25) is 4.98 Å². The highest BCUT2D eigenvalue weighted by Crippen LogP contribution is 2.36. The van der Waals surface area contributed by atoms with Crippen LogP contribution in [0.5, 0.6) is 0 Å². The van der Waals surface area contributed by atoms with E-state index >= 15 is 0 Å². The van der Waals surface area contributed by atoms with E-state index in [0.29, 0.717) is 5.92 Å². The van der Waals surface area contributed by atoms with Crippen LogP contribution in [0.1, 0.15) is 49.8 Å². The molecule has 3 heteroatoms. The van der Waals surface area contributed by atoms with Crippen molar-refractivity contribution in [2.75, 3.05) is 6.61 Å². The van der Waals surface area contributed by atoms with E-state index in [1.54, 1.807) is 0 Å². The molecular formula is C12H16BrNO. The number of ether oxygens (including phenoxy) is 1. The van der Waals surface area contributed by atoms with E-state index < -0.39 is 0 Å². The lowest BCUT2D eigenvalue weighted by Crippen LogP contribution is -2.04. The Morgan fingerprint density at radius 3 is 2.87 bits per heavy atom. The number of aromatic nitrogens is 1. The van der Waals surface area contributed by atoms with Gasteiger partial charge in [0.1, 0.15) is 0 Å². The SMILES string of the molecule is CC(C)c1c(Br)cncc1C1CCCO1. The molecule has 1 fully saturated rings. The second-order valence-electron chi connectivity index (χ2n) is 4.28. The van der Waals surface area contributed by atoms with Crippen LogP contribution in [0.15, 0.2) is 16.9 Å². The van der Waals surface area contributed by atoms with Crippen LogP contribution in [0.2, 0.25) is 0 Å². The lowest BCUT2D eigenvalue weighted by molar-refractivity contribution is 0.110. The molecule has 0 spiro atoms. The van der Waals surface area contributed by atoms with E-state index in [4.69, 9.17) is 4.74 Å². The fourth-order valence-corrected chi connectivity index (χ4v) is 2.95. The first kappa shape index (κ1) is 11.1. The Bertz CT molecular complexity index is 345. The van der Waals surface area contributed by atoms with Crippen molar-refractivity contribution in [2.24, 2.45) is 0 Å². The lowest BCUT2D eigenvalue weighted by atomic mass is 9.95. The molecule has 15 heavy (non-hydrogen) atoms. The van der Waals surface area contributed by atoms with Crippen LogP contribution < -0.4 is 0 Å². The molecular weight excluding hydrogens is 254 g/mol. The number of hydrogen-bond acceptors (Lipinski definition) is 2. The Morgan fingerprint density at radius 2 is 2.27 bits per heavy atom. The van der Waals surface area contributed by atoms with Crippen LogP contribution in [-0.4, -0.2) is 11.6 Å². The second-order valence-corrected chi connectivity index (χ2v) is 5.13. The van der Waals surface area contributed by atoms with Crippen LogP contribution in [0.25, 0.3) is 0 Å². The molecule has 1 unspecified atom stereocenters. The molecule has 1 aliphatic rings. The topological polar surface area (TPSA) is 22.1 Å². The molecule has 1 aliphatic heterocycles. The Morgan fingerprint density at radius 1 is 1.47 bits per heavy atom. The van der Waals surface area contributed by atoms with Gasteiger partial charge in [0.2, 0.25) is 0 Å². The molecule has 1 aromatic heterocycles. The fraction of sp³-hybridized carbons (Fsp3) is 0.583. The maximum Gasteiger partial charge on any atom is 0.0843 e. The maximum absolute atomic E-state index is 5.72. The van der Waals surface area contributed by atoms with Crippen molar-refractivity contribution in [2.45, 2.75) is 38.7 Å². The zero-order valence-electron chi connectivity index (χ0n) is 9.16. The van der Waals surface area contributed by atoms with Gasteiger partial charge in [-0.15, -0.1) is 0 Å². The van der Waals surface area contributed by atoms with Gasteiger partial charge in [-0.05, 0) is 40.3 Å². The molecule has 2 rings (SSSR count). The van der Waals surface area contributed by atoms with Gasteiger partial charge >= 0.3 is 0 Å². The average molecular weight is 270 g/mol. The van der Waals surface area contributed by atoms with Gasteiger partial charge in [-0.2, -0.15) is 0 Å². The van der Waals surface area contributed by atoms with Crippen molar-refractivity contribution in [1.82, 2.24) is 4.98 Å². The van der Waals surface area contributed by atoms with Crippen LogP contribution in [-0.2, 0) is 4.74 Å². The third kappa shape index (κ3) is 2.23. The summed E-state index contributed by atoms with van der Waals surface area (Å²) in [5.41, 5.74) is 2.61. The van der Waals surface area contributed by atoms with Crippen LogP contribution in [0.4, 0.5) is 0 Å². The van der Waals surface area contributed by atoms with Crippen molar-refractivity contribution in [3.63, 3.8) is 0 Å². The number of nitrogens with zero attached hydrogens (tertiary/aromatic N) is 1. The predicted octanol–water partition coefficient (Wildman–Crippen LogP) is 3.82. The monoisotopic (exact) mass is 269 g/mol. The smallest absolute Gasteiger partial charge is 0.0843 e. The second kappa shape index (κ2) is 4.62. The highest BCUT2D eigenvalue weighted by atomic mass is 79.9. The first-order valence-electron chi connectivity index (χ1n) is 5.45. The van der Waals surface area contributed by atoms with Crippen molar-refractivity contribution in [3.05, 3.63) is 28.0 Å². The number of pyridine rings is 1. The highest BCUT2D eigenvalue weighted by molar-refractivity contribution is 9.10. The van der Waals surface area contributed by atoms with Gasteiger partial charge in [0.25, 0.3) is 0 Å². The zero-order valence-corrected chi connectivity index (χ0v) is 10.8. The molecule has 0 N–H and O–H groups in total. The molecule has 0 bridgehead atoms. The molecule has 0 saturated carbocycles. The van der Waals surface area contributed by atoms with Crippen LogP contribution in [0, 0.1) is 0 Å². The highest BCUT2D eigenvalue weighted by Gasteiger charge is 2.23. The lowest BCUT2D eigenvalue weighted by Gasteiger charge is -2.18. The summed E-state index contributed by atoms with van der Waals surface area (Å²) in [6, 6.07) is 0. The normalized spacial score (nSPS) is 21.2. The molecule has 1 aromatic rings. The van der Waals surface area contributed by atoms with Gasteiger partial charge < -0.3 is 4.74 Å². The third-order valence-electron chi connectivity index (χ3n) is 2.82. The summed E-state index contributed by atoms with van der Waals surface area (Å²) in [4.78, 5) is 4.24. The Labute approximate surface area is 99.2 Å². The van der Waals surface area contributed by atoms with E-state index in [2.05, 4.69) is 34.8 Å². The molecule has 0 aliphatic carbocycles. The Hall–Kier alpha value is -0.410. The molecule has 0 amide bonds. The molecule has 2 heterocycles. The average Bonchev–Trinajstić information content (AvgIpc) is 2.69. The summed E-state index contributed by atoms with van der Waals surface area (Å²) < 4.78 is 6.83. The summed E-state index contributed by atoms with van der Waals surface area (Å²) in [7, 11) is 0. The molecule has 0 radical (unpaired) electrons. The van der Waals surface area contributed by atoms with Crippen LogP contribution >= 0.6 is 15.9 Å². The number of rotatable bonds is 2. The van der Waals surface area contributed by atoms with E-state index in [9.17, 15) is 0 Å². The summed E-state index contributed by atoms with van der Waals surface area (Å²) in [5.74, 6) is 0.501. The minimum absolute atomic E-state index is 0.257. The first-order chi connectivity index (χ1) is 7.20. The van der Waals surface area contributed by atoms with Crippen molar-refractivity contribution >= 4 is 15.9 Å². The predicted molar refractivity (Wildman–Crippen MR) is 64.0 cm³/mol. The van der Waals surface area contributed by atoms with Gasteiger partial charge in [-0.25, -0.2) is 0 Å². The minimum Gasteiger partial charge on any atom is -0.373 e. The van der Waals surface area contributed by atoms with Crippen LogP contribution in [0.3, 0.4) is 0 Å². The van der Waals surface area contributed by atoms with E-state index in [1.165, 1.54) is 11.1 Å². The maximum atomic E-state index is 5.72.